The third-order valence-electron chi connectivity index (χ3n) is 4.13. The summed E-state index contributed by atoms with van der Waals surface area (Å²) in [6, 6.07) is 4.69. The molecule has 0 spiro atoms. The minimum atomic E-state index is -4.27. The summed E-state index contributed by atoms with van der Waals surface area (Å²) in [6.45, 7) is 2.14. The quantitative estimate of drug-likeness (QED) is 0.800. The SMILES string of the molecule is CC1Oc2ccc(SCC(F)(F)F)cc2C(N2CCCCC2=O)=C1O. The standard InChI is InChI=1S/C17H18F3NO3S/c1-10-16(23)15(21-7-3-2-4-14(21)22)12-8-11(5-6-13(12)24-10)25-9-17(18,19)20/h5-6,8,10,23H,2-4,7,9H2,1H3. The predicted octanol–water partition coefficient (Wildman–Crippen LogP) is 4.36. The van der Waals surface area contributed by atoms with E-state index in [1.54, 1.807) is 25.1 Å². The van der Waals surface area contributed by atoms with Gasteiger partial charge in [0.15, 0.2) is 11.9 Å². The van der Waals surface area contributed by atoms with Crippen LogP contribution in [-0.4, -0.2) is 40.5 Å². The molecule has 0 saturated carbocycles. The van der Waals surface area contributed by atoms with E-state index in [1.807, 2.05) is 0 Å². The van der Waals surface area contributed by atoms with E-state index in [2.05, 4.69) is 0 Å². The van der Waals surface area contributed by atoms with E-state index in [9.17, 15) is 23.1 Å². The van der Waals surface area contributed by atoms with Gasteiger partial charge in [-0.2, -0.15) is 13.2 Å². The van der Waals surface area contributed by atoms with Crippen LogP contribution in [0, 0.1) is 0 Å². The molecule has 1 fully saturated rings. The molecule has 0 bridgehead atoms. The van der Waals surface area contributed by atoms with Crippen molar-refractivity contribution in [3.8, 4) is 5.75 Å². The average molecular weight is 373 g/mol. The Morgan fingerprint density at radius 3 is 2.80 bits per heavy atom. The second kappa shape index (κ2) is 6.82. The lowest BCUT2D eigenvalue weighted by Crippen LogP contribution is -2.37. The van der Waals surface area contributed by atoms with Crippen LogP contribution in [0.1, 0.15) is 31.7 Å². The van der Waals surface area contributed by atoms with Crippen LogP contribution in [0.3, 0.4) is 0 Å². The minimum absolute atomic E-state index is 0.0688. The molecule has 1 aromatic rings. The zero-order valence-corrected chi connectivity index (χ0v) is 14.4. The first-order valence-corrected chi connectivity index (χ1v) is 8.99. The van der Waals surface area contributed by atoms with E-state index >= 15 is 0 Å². The van der Waals surface area contributed by atoms with Gasteiger partial charge in [0.05, 0.1) is 11.4 Å². The predicted molar refractivity (Wildman–Crippen MR) is 88.4 cm³/mol. The summed E-state index contributed by atoms with van der Waals surface area (Å²) in [4.78, 5) is 14.2. The van der Waals surface area contributed by atoms with Crippen LogP contribution < -0.4 is 4.74 Å². The number of hydrogen-bond acceptors (Lipinski definition) is 4. The number of hydrogen-bond donors (Lipinski definition) is 1. The average Bonchev–Trinajstić information content (AvgIpc) is 2.55. The molecule has 1 N–H and O–H groups in total. The maximum atomic E-state index is 12.5. The fourth-order valence-electron chi connectivity index (χ4n) is 2.95. The van der Waals surface area contributed by atoms with Crippen LogP contribution in [0.15, 0.2) is 28.9 Å². The largest absolute Gasteiger partial charge is 0.506 e. The third-order valence-corrected chi connectivity index (χ3v) is 5.19. The van der Waals surface area contributed by atoms with Crippen molar-refractivity contribution in [3.05, 3.63) is 29.5 Å². The van der Waals surface area contributed by atoms with Gasteiger partial charge in [0, 0.05) is 23.4 Å². The van der Waals surface area contributed by atoms with E-state index in [-0.39, 0.29) is 11.7 Å². The van der Waals surface area contributed by atoms with E-state index in [0.717, 1.165) is 12.8 Å². The number of carbonyl (C=O) groups is 1. The molecule has 25 heavy (non-hydrogen) atoms. The van der Waals surface area contributed by atoms with Crippen LogP contribution >= 0.6 is 11.8 Å². The lowest BCUT2D eigenvalue weighted by molar-refractivity contribution is -0.129. The topological polar surface area (TPSA) is 49.8 Å². The molecule has 1 aromatic carbocycles. The molecule has 0 radical (unpaired) electrons. The molecule has 3 rings (SSSR count). The highest BCUT2D eigenvalue weighted by molar-refractivity contribution is 7.99. The Balaban J connectivity index is 1.97. The van der Waals surface area contributed by atoms with Crippen molar-refractivity contribution in [2.75, 3.05) is 12.3 Å². The van der Waals surface area contributed by atoms with Gasteiger partial charge < -0.3 is 14.7 Å². The second-order valence-corrected chi connectivity index (χ2v) is 7.11. The summed E-state index contributed by atoms with van der Waals surface area (Å²) < 4.78 is 43.0. The van der Waals surface area contributed by atoms with Crippen LogP contribution in [0.5, 0.6) is 5.75 Å². The molecule has 4 nitrogen and oxygen atoms in total. The number of amides is 1. The summed E-state index contributed by atoms with van der Waals surface area (Å²) >= 11 is 0.663. The monoisotopic (exact) mass is 373 g/mol. The lowest BCUT2D eigenvalue weighted by atomic mass is 10.0. The fraction of sp³-hybridized carbons (Fsp3) is 0.471. The summed E-state index contributed by atoms with van der Waals surface area (Å²) in [5.74, 6) is -0.714. The van der Waals surface area contributed by atoms with Gasteiger partial charge in [-0.15, -0.1) is 11.8 Å². The van der Waals surface area contributed by atoms with Gasteiger partial charge in [-0.1, -0.05) is 0 Å². The number of likely N-dealkylation sites (tertiary alicyclic amines) is 1. The van der Waals surface area contributed by atoms with E-state index < -0.39 is 18.0 Å². The van der Waals surface area contributed by atoms with Crippen LogP contribution in [0.4, 0.5) is 13.2 Å². The number of benzene rings is 1. The number of carbonyl (C=O) groups excluding carboxylic acids is 1. The number of aliphatic hydroxyl groups is 1. The number of rotatable bonds is 3. The normalized spacial score (nSPS) is 21.2. The highest BCUT2D eigenvalue weighted by Crippen LogP contribution is 2.41. The number of piperidine rings is 1. The van der Waals surface area contributed by atoms with Crippen molar-refractivity contribution in [1.82, 2.24) is 4.90 Å². The molecule has 1 saturated heterocycles. The van der Waals surface area contributed by atoms with E-state index in [4.69, 9.17) is 4.74 Å². The van der Waals surface area contributed by atoms with Crippen molar-refractivity contribution >= 4 is 23.4 Å². The number of alkyl halides is 3. The molecule has 1 amide bonds. The van der Waals surface area contributed by atoms with E-state index in [0.29, 0.717) is 46.6 Å². The number of ether oxygens (including phenoxy) is 1. The van der Waals surface area contributed by atoms with Gasteiger partial charge in [-0.05, 0) is 38.0 Å². The number of thioether (sulfide) groups is 1. The zero-order chi connectivity index (χ0) is 18.2. The molecular formula is C17H18F3NO3S. The lowest BCUT2D eigenvalue weighted by Gasteiger charge is -2.34. The fourth-order valence-corrected chi connectivity index (χ4v) is 3.65. The van der Waals surface area contributed by atoms with Crippen LogP contribution in [0.2, 0.25) is 0 Å². The first-order valence-electron chi connectivity index (χ1n) is 8.00. The van der Waals surface area contributed by atoms with Crippen molar-refractivity contribution in [1.29, 1.82) is 0 Å². The van der Waals surface area contributed by atoms with Crippen molar-refractivity contribution < 1.29 is 27.8 Å². The molecule has 2 aliphatic heterocycles. The first kappa shape index (κ1) is 18.0. The van der Waals surface area contributed by atoms with Crippen LogP contribution in [0.25, 0.3) is 5.70 Å². The Labute approximate surface area is 147 Å². The Kier molecular flexibility index (Phi) is 4.90. The molecule has 0 aliphatic carbocycles. The Morgan fingerprint density at radius 2 is 2.12 bits per heavy atom. The zero-order valence-electron chi connectivity index (χ0n) is 13.6. The Bertz CT molecular complexity index is 718. The molecule has 1 unspecified atom stereocenters. The molecule has 136 valence electrons. The first-order chi connectivity index (χ1) is 11.8. The second-order valence-electron chi connectivity index (χ2n) is 6.06. The number of nitrogens with zero attached hydrogens (tertiary/aromatic N) is 1. The summed E-state index contributed by atoms with van der Waals surface area (Å²) in [6.07, 6.45) is -2.88. The maximum absolute atomic E-state index is 12.5. The van der Waals surface area contributed by atoms with Crippen molar-refractivity contribution in [2.45, 2.75) is 43.4 Å². The molecule has 2 aliphatic rings. The van der Waals surface area contributed by atoms with E-state index in [1.165, 1.54) is 4.90 Å². The van der Waals surface area contributed by atoms with Crippen LogP contribution in [-0.2, 0) is 4.79 Å². The Morgan fingerprint density at radius 1 is 1.36 bits per heavy atom. The molecule has 8 heteroatoms. The van der Waals surface area contributed by atoms with Gasteiger partial charge in [0.2, 0.25) is 5.91 Å². The van der Waals surface area contributed by atoms with Crippen molar-refractivity contribution in [2.24, 2.45) is 0 Å². The van der Waals surface area contributed by atoms with Gasteiger partial charge in [-0.3, -0.25) is 4.79 Å². The summed E-state index contributed by atoms with van der Waals surface area (Å²) in [7, 11) is 0. The smallest absolute Gasteiger partial charge is 0.398 e. The van der Waals surface area contributed by atoms with Gasteiger partial charge in [0.1, 0.15) is 5.75 Å². The van der Waals surface area contributed by atoms with Gasteiger partial charge >= 0.3 is 6.18 Å². The maximum Gasteiger partial charge on any atom is 0.398 e. The molecular weight excluding hydrogens is 355 g/mol. The Hall–Kier alpha value is -1.83. The number of aliphatic hydroxyl groups excluding tert-OH is 1. The number of fused-ring (bicyclic) bond motifs is 1. The molecule has 2 heterocycles. The van der Waals surface area contributed by atoms with Gasteiger partial charge in [-0.25, -0.2) is 0 Å². The number of halogens is 3. The molecule has 0 aromatic heterocycles. The third kappa shape index (κ3) is 3.89. The highest BCUT2D eigenvalue weighted by Gasteiger charge is 2.34. The summed E-state index contributed by atoms with van der Waals surface area (Å²) in [5.41, 5.74) is 0.811. The highest BCUT2D eigenvalue weighted by atomic mass is 32.2. The molecule has 1 atom stereocenters. The minimum Gasteiger partial charge on any atom is -0.506 e. The summed E-state index contributed by atoms with van der Waals surface area (Å²) in [5, 5.41) is 10.5. The van der Waals surface area contributed by atoms with Crippen molar-refractivity contribution in [3.63, 3.8) is 0 Å². The van der Waals surface area contributed by atoms with Gasteiger partial charge in [0.25, 0.3) is 0 Å².